The summed E-state index contributed by atoms with van der Waals surface area (Å²) in [6.45, 7) is 6.31. The standard InChI is InChI=1S/C14H20N2O2.ClH/c1-10-3-4-12(7-13(10)17)8-14(18)16-6-5-15-11(2)9-16;/h3-4,7,11,15,17H,5-6,8-9H2,1-2H3;1H/t11-;/m1./s1. The monoisotopic (exact) mass is 284 g/mol. The van der Waals surface area contributed by atoms with E-state index >= 15 is 0 Å². The third-order valence-corrected chi connectivity index (χ3v) is 3.35. The van der Waals surface area contributed by atoms with Crippen molar-refractivity contribution in [3.05, 3.63) is 29.3 Å². The maximum absolute atomic E-state index is 12.1. The maximum atomic E-state index is 12.1. The highest BCUT2D eigenvalue weighted by molar-refractivity contribution is 5.85. The first-order chi connectivity index (χ1) is 8.56. The number of nitrogens with one attached hydrogen (secondary N) is 1. The number of amides is 1. The van der Waals surface area contributed by atoms with E-state index in [1.807, 2.05) is 24.0 Å². The van der Waals surface area contributed by atoms with Gasteiger partial charge in [0.25, 0.3) is 0 Å². The van der Waals surface area contributed by atoms with Crippen LogP contribution in [0.5, 0.6) is 5.75 Å². The molecule has 1 aromatic carbocycles. The first-order valence-electron chi connectivity index (χ1n) is 6.36. The third kappa shape index (κ3) is 4.11. The molecule has 1 amide bonds. The van der Waals surface area contributed by atoms with E-state index in [4.69, 9.17) is 0 Å². The van der Waals surface area contributed by atoms with Crippen LogP contribution in [0.3, 0.4) is 0 Å². The summed E-state index contributed by atoms with van der Waals surface area (Å²) in [4.78, 5) is 14.0. The summed E-state index contributed by atoms with van der Waals surface area (Å²) >= 11 is 0. The molecule has 2 N–H and O–H groups in total. The van der Waals surface area contributed by atoms with Gasteiger partial charge >= 0.3 is 0 Å². The SMILES string of the molecule is Cc1ccc(CC(=O)N2CCN[C@H](C)C2)cc1O.Cl. The van der Waals surface area contributed by atoms with Gasteiger partial charge in [-0.3, -0.25) is 4.79 Å². The van der Waals surface area contributed by atoms with Gasteiger partial charge in [0.2, 0.25) is 5.91 Å². The molecule has 1 atom stereocenters. The van der Waals surface area contributed by atoms with E-state index < -0.39 is 0 Å². The minimum absolute atomic E-state index is 0. The average molecular weight is 285 g/mol. The predicted molar refractivity (Wildman–Crippen MR) is 77.8 cm³/mol. The van der Waals surface area contributed by atoms with Crippen LogP contribution in [-0.2, 0) is 11.2 Å². The molecule has 0 radical (unpaired) electrons. The minimum Gasteiger partial charge on any atom is -0.508 e. The number of rotatable bonds is 2. The Hall–Kier alpha value is -1.26. The molecule has 1 fully saturated rings. The minimum atomic E-state index is 0. The number of hydrogen-bond donors (Lipinski definition) is 2. The number of phenols is 1. The van der Waals surface area contributed by atoms with Crippen LogP contribution in [0.4, 0.5) is 0 Å². The van der Waals surface area contributed by atoms with Gasteiger partial charge in [0.15, 0.2) is 0 Å². The van der Waals surface area contributed by atoms with Gasteiger partial charge in [-0.05, 0) is 31.0 Å². The van der Waals surface area contributed by atoms with E-state index in [2.05, 4.69) is 12.2 Å². The van der Waals surface area contributed by atoms with Crippen molar-refractivity contribution >= 4 is 18.3 Å². The first-order valence-corrected chi connectivity index (χ1v) is 6.36. The quantitative estimate of drug-likeness (QED) is 0.865. The van der Waals surface area contributed by atoms with E-state index in [0.29, 0.717) is 12.5 Å². The Morgan fingerprint density at radius 3 is 2.89 bits per heavy atom. The van der Waals surface area contributed by atoms with Crippen LogP contribution in [-0.4, -0.2) is 41.6 Å². The van der Waals surface area contributed by atoms with Crippen molar-refractivity contribution < 1.29 is 9.90 Å². The molecular formula is C14H21ClN2O2. The van der Waals surface area contributed by atoms with Gasteiger partial charge in [-0.2, -0.15) is 0 Å². The van der Waals surface area contributed by atoms with Crippen molar-refractivity contribution in [3.8, 4) is 5.75 Å². The normalized spacial score (nSPS) is 18.8. The van der Waals surface area contributed by atoms with Crippen molar-refractivity contribution in [2.45, 2.75) is 26.3 Å². The van der Waals surface area contributed by atoms with Crippen LogP contribution in [0.15, 0.2) is 18.2 Å². The van der Waals surface area contributed by atoms with Crippen LogP contribution >= 0.6 is 12.4 Å². The number of hydrogen-bond acceptors (Lipinski definition) is 3. The smallest absolute Gasteiger partial charge is 0.227 e. The Morgan fingerprint density at radius 1 is 1.53 bits per heavy atom. The van der Waals surface area contributed by atoms with Crippen molar-refractivity contribution in [1.29, 1.82) is 0 Å². The molecule has 0 unspecified atom stereocenters. The van der Waals surface area contributed by atoms with Gasteiger partial charge < -0.3 is 15.3 Å². The molecule has 2 rings (SSSR count). The van der Waals surface area contributed by atoms with Gasteiger partial charge in [0.05, 0.1) is 6.42 Å². The van der Waals surface area contributed by atoms with E-state index in [-0.39, 0.29) is 24.1 Å². The van der Waals surface area contributed by atoms with Gasteiger partial charge in [-0.1, -0.05) is 12.1 Å². The molecular weight excluding hydrogens is 264 g/mol. The molecule has 19 heavy (non-hydrogen) atoms. The van der Waals surface area contributed by atoms with Crippen molar-refractivity contribution in [2.75, 3.05) is 19.6 Å². The number of halogens is 1. The van der Waals surface area contributed by atoms with Crippen LogP contribution < -0.4 is 5.32 Å². The molecule has 0 spiro atoms. The molecule has 1 aliphatic rings. The largest absolute Gasteiger partial charge is 0.508 e. The van der Waals surface area contributed by atoms with E-state index in [0.717, 1.165) is 30.8 Å². The average Bonchev–Trinajstić information content (AvgIpc) is 2.34. The van der Waals surface area contributed by atoms with Gasteiger partial charge in [-0.25, -0.2) is 0 Å². The number of aromatic hydroxyl groups is 1. The Balaban J connectivity index is 0.00000180. The lowest BCUT2D eigenvalue weighted by Gasteiger charge is -2.32. The summed E-state index contributed by atoms with van der Waals surface area (Å²) in [5, 5.41) is 12.9. The van der Waals surface area contributed by atoms with Gasteiger partial charge in [0, 0.05) is 25.7 Å². The zero-order valence-electron chi connectivity index (χ0n) is 11.3. The van der Waals surface area contributed by atoms with Crippen LogP contribution in [0.1, 0.15) is 18.1 Å². The lowest BCUT2D eigenvalue weighted by Crippen LogP contribution is -2.51. The molecule has 1 heterocycles. The lowest BCUT2D eigenvalue weighted by molar-refractivity contribution is -0.131. The zero-order chi connectivity index (χ0) is 13.1. The second-order valence-corrected chi connectivity index (χ2v) is 4.99. The molecule has 0 bridgehead atoms. The summed E-state index contributed by atoms with van der Waals surface area (Å²) in [7, 11) is 0. The molecule has 1 aliphatic heterocycles. The Labute approximate surface area is 120 Å². The summed E-state index contributed by atoms with van der Waals surface area (Å²) in [5.74, 6) is 0.389. The van der Waals surface area contributed by atoms with Gasteiger partial charge in [0.1, 0.15) is 5.75 Å². The summed E-state index contributed by atoms with van der Waals surface area (Å²) in [5.41, 5.74) is 1.70. The third-order valence-electron chi connectivity index (χ3n) is 3.35. The fraction of sp³-hybridized carbons (Fsp3) is 0.500. The number of carbonyl (C=O) groups is 1. The number of nitrogens with zero attached hydrogens (tertiary/aromatic N) is 1. The van der Waals surface area contributed by atoms with Crippen LogP contribution in [0.25, 0.3) is 0 Å². The van der Waals surface area contributed by atoms with Crippen molar-refractivity contribution in [1.82, 2.24) is 10.2 Å². The number of carbonyl (C=O) groups excluding carboxylic acids is 1. The lowest BCUT2D eigenvalue weighted by atomic mass is 10.1. The Morgan fingerprint density at radius 2 is 2.26 bits per heavy atom. The second kappa shape index (κ2) is 6.78. The highest BCUT2D eigenvalue weighted by atomic mass is 35.5. The maximum Gasteiger partial charge on any atom is 0.227 e. The fourth-order valence-electron chi connectivity index (χ4n) is 2.21. The summed E-state index contributed by atoms with van der Waals surface area (Å²) in [6, 6.07) is 5.78. The predicted octanol–water partition coefficient (Wildman–Crippen LogP) is 1.49. The Kier molecular flexibility index (Phi) is 5.63. The Bertz CT molecular complexity index is 451. The molecule has 106 valence electrons. The molecule has 0 aliphatic carbocycles. The molecule has 0 saturated carbocycles. The molecule has 4 nitrogen and oxygen atoms in total. The molecule has 0 aromatic heterocycles. The topological polar surface area (TPSA) is 52.6 Å². The summed E-state index contributed by atoms with van der Waals surface area (Å²) < 4.78 is 0. The van der Waals surface area contributed by atoms with E-state index in [9.17, 15) is 9.90 Å². The van der Waals surface area contributed by atoms with Crippen molar-refractivity contribution in [3.63, 3.8) is 0 Å². The molecule has 1 aromatic rings. The highest BCUT2D eigenvalue weighted by Gasteiger charge is 2.20. The summed E-state index contributed by atoms with van der Waals surface area (Å²) in [6.07, 6.45) is 0.362. The number of benzene rings is 1. The molecule has 5 heteroatoms. The second-order valence-electron chi connectivity index (χ2n) is 4.99. The molecule has 1 saturated heterocycles. The van der Waals surface area contributed by atoms with Crippen LogP contribution in [0.2, 0.25) is 0 Å². The zero-order valence-corrected chi connectivity index (χ0v) is 12.2. The van der Waals surface area contributed by atoms with E-state index in [1.54, 1.807) is 6.07 Å². The first kappa shape index (κ1) is 15.8. The van der Waals surface area contributed by atoms with Crippen LogP contribution in [0, 0.1) is 6.92 Å². The number of piperazine rings is 1. The number of aryl methyl sites for hydroxylation is 1. The fourth-order valence-corrected chi connectivity index (χ4v) is 2.21. The van der Waals surface area contributed by atoms with Gasteiger partial charge in [-0.15, -0.1) is 12.4 Å². The van der Waals surface area contributed by atoms with E-state index in [1.165, 1.54) is 0 Å². The highest BCUT2D eigenvalue weighted by Crippen LogP contribution is 2.18. The van der Waals surface area contributed by atoms with Crippen molar-refractivity contribution in [2.24, 2.45) is 0 Å². The number of phenolic OH excluding ortho intramolecular Hbond substituents is 1.